The fourth-order valence-electron chi connectivity index (χ4n) is 3.68. The van der Waals surface area contributed by atoms with Gasteiger partial charge < -0.3 is 10.1 Å². The number of aromatic nitrogens is 1. The summed E-state index contributed by atoms with van der Waals surface area (Å²) in [5.41, 5.74) is 0.313. The van der Waals surface area contributed by atoms with Crippen molar-refractivity contribution in [1.29, 1.82) is 0 Å². The zero-order valence-corrected chi connectivity index (χ0v) is 16.3. The molecule has 0 bridgehead atoms. The molecule has 1 aliphatic heterocycles. The largest absolute Gasteiger partial charge is 0.452 e. The minimum Gasteiger partial charge on any atom is -0.452 e. The second-order valence-corrected chi connectivity index (χ2v) is 7.40. The Balaban J connectivity index is 1.48. The number of nitrogens with zero attached hydrogens (tertiary/aromatic N) is 2. The van der Waals surface area contributed by atoms with Crippen molar-refractivity contribution in [2.45, 2.75) is 45.1 Å². The molecular formula is C19H22ClN3O5. The van der Waals surface area contributed by atoms with E-state index in [1.54, 1.807) is 12.1 Å². The third-order valence-corrected chi connectivity index (χ3v) is 5.47. The summed E-state index contributed by atoms with van der Waals surface area (Å²) in [6, 6.07) is 3.19. The SMILES string of the molecule is C[C@@H](OC(=O)CCN1C(=O)[C@H]2CCCC[C@H]2C1=O)C(=O)Nc1cccnc1Cl. The van der Waals surface area contributed by atoms with Gasteiger partial charge in [-0.1, -0.05) is 24.4 Å². The van der Waals surface area contributed by atoms with Gasteiger partial charge in [0.05, 0.1) is 23.9 Å². The van der Waals surface area contributed by atoms with E-state index in [1.165, 1.54) is 18.0 Å². The van der Waals surface area contributed by atoms with E-state index >= 15 is 0 Å². The van der Waals surface area contributed by atoms with Crippen LogP contribution in [0.1, 0.15) is 39.0 Å². The molecule has 28 heavy (non-hydrogen) atoms. The Morgan fingerprint density at radius 1 is 1.29 bits per heavy atom. The van der Waals surface area contributed by atoms with E-state index in [1.807, 2.05) is 0 Å². The van der Waals surface area contributed by atoms with Crippen molar-refractivity contribution in [2.24, 2.45) is 11.8 Å². The average Bonchev–Trinajstić information content (AvgIpc) is 2.92. The van der Waals surface area contributed by atoms with Gasteiger partial charge in [-0.3, -0.25) is 24.1 Å². The van der Waals surface area contributed by atoms with Crippen LogP contribution >= 0.6 is 11.6 Å². The molecule has 2 aliphatic rings. The van der Waals surface area contributed by atoms with E-state index in [9.17, 15) is 19.2 Å². The zero-order valence-electron chi connectivity index (χ0n) is 15.5. The summed E-state index contributed by atoms with van der Waals surface area (Å²) in [5.74, 6) is -2.09. The monoisotopic (exact) mass is 407 g/mol. The smallest absolute Gasteiger partial charge is 0.308 e. The molecule has 1 aromatic heterocycles. The highest BCUT2D eigenvalue weighted by Crippen LogP contribution is 2.37. The number of carbonyl (C=O) groups is 4. The van der Waals surface area contributed by atoms with Crippen LogP contribution in [0.5, 0.6) is 0 Å². The number of likely N-dealkylation sites (tertiary alicyclic amines) is 1. The molecule has 2 heterocycles. The second-order valence-electron chi connectivity index (χ2n) is 7.04. The molecule has 8 nitrogen and oxygen atoms in total. The maximum atomic E-state index is 12.4. The number of imide groups is 1. The number of anilines is 1. The highest BCUT2D eigenvalue weighted by molar-refractivity contribution is 6.32. The van der Waals surface area contributed by atoms with Gasteiger partial charge in [0.25, 0.3) is 5.91 Å². The number of hydrogen-bond acceptors (Lipinski definition) is 6. The van der Waals surface area contributed by atoms with Gasteiger partial charge in [-0.05, 0) is 31.9 Å². The highest BCUT2D eigenvalue weighted by Gasteiger charge is 2.47. The first kappa shape index (κ1) is 20.3. The van der Waals surface area contributed by atoms with E-state index in [4.69, 9.17) is 16.3 Å². The molecule has 1 aromatic rings. The predicted octanol–water partition coefficient (Wildman–Crippen LogP) is 2.17. The van der Waals surface area contributed by atoms with Gasteiger partial charge in [-0.15, -0.1) is 0 Å². The third kappa shape index (κ3) is 4.32. The van der Waals surface area contributed by atoms with Crippen LogP contribution in [0.3, 0.4) is 0 Å². The van der Waals surface area contributed by atoms with Crippen LogP contribution < -0.4 is 5.32 Å². The lowest BCUT2D eigenvalue weighted by Gasteiger charge is -2.19. The lowest BCUT2D eigenvalue weighted by atomic mass is 9.81. The maximum Gasteiger partial charge on any atom is 0.308 e. The van der Waals surface area contributed by atoms with Gasteiger partial charge in [0.2, 0.25) is 11.8 Å². The lowest BCUT2D eigenvalue weighted by Crippen LogP contribution is -2.35. The average molecular weight is 408 g/mol. The van der Waals surface area contributed by atoms with Crippen LogP contribution in [-0.2, 0) is 23.9 Å². The molecule has 150 valence electrons. The number of hydrogen-bond donors (Lipinski definition) is 1. The number of nitrogens with one attached hydrogen (secondary N) is 1. The van der Waals surface area contributed by atoms with Crippen molar-refractivity contribution in [1.82, 2.24) is 9.88 Å². The Labute approximate surface area is 167 Å². The van der Waals surface area contributed by atoms with E-state index in [0.29, 0.717) is 5.69 Å². The fourth-order valence-corrected chi connectivity index (χ4v) is 3.84. The standard InChI is InChI=1S/C19H22ClN3O5/c1-11(17(25)22-14-7-4-9-21-16(14)20)28-15(24)8-10-23-18(26)12-5-2-3-6-13(12)19(23)27/h4,7,9,11-13H,2-3,5-6,8,10H2,1H3,(H,22,25)/t11-,12-,13+/m1/s1. The Hall–Kier alpha value is -2.48. The number of ether oxygens (including phenoxy) is 1. The summed E-state index contributed by atoms with van der Waals surface area (Å²) >= 11 is 5.88. The first-order chi connectivity index (χ1) is 13.4. The van der Waals surface area contributed by atoms with Crippen molar-refractivity contribution in [3.8, 4) is 0 Å². The molecule has 1 N–H and O–H groups in total. The fraction of sp³-hybridized carbons (Fsp3) is 0.526. The molecule has 0 spiro atoms. The van der Waals surface area contributed by atoms with Gasteiger partial charge in [0, 0.05) is 12.7 Å². The van der Waals surface area contributed by atoms with E-state index < -0.39 is 18.0 Å². The predicted molar refractivity (Wildman–Crippen MR) is 100 cm³/mol. The molecule has 3 atom stereocenters. The molecule has 0 radical (unpaired) electrons. The van der Waals surface area contributed by atoms with Crippen molar-refractivity contribution < 1.29 is 23.9 Å². The number of halogens is 1. The van der Waals surface area contributed by atoms with Crippen LogP contribution in [0.2, 0.25) is 5.15 Å². The molecule has 3 rings (SSSR count). The summed E-state index contributed by atoms with van der Waals surface area (Å²) in [7, 11) is 0. The molecule has 3 amide bonds. The first-order valence-electron chi connectivity index (χ1n) is 9.34. The summed E-state index contributed by atoms with van der Waals surface area (Å²) in [6.45, 7) is 1.41. The number of fused-ring (bicyclic) bond motifs is 1. The third-order valence-electron chi connectivity index (χ3n) is 5.17. The summed E-state index contributed by atoms with van der Waals surface area (Å²) in [4.78, 5) is 54.0. The van der Waals surface area contributed by atoms with Gasteiger partial charge in [-0.25, -0.2) is 4.98 Å². The van der Waals surface area contributed by atoms with Crippen LogP contribution in [0.4, 0.5) is 5.69 Å². The Morgan fingerprint density at radius 3 is 2.54 bits per heavy atom. The molecule has 9 heteroatoms. The number of esters is 1. The van der Waals surface area contributed by atoms with Crippen molar-refractivity contribution in [2.75, 3.05) is 11.9 Å². The Morgan fingerprint density at radius 2 is 1.93 bits per heavy atom. The minimum atomic E-state index is -1.06. The maximum absolute atomic E-state index is 12.4. The summed E-state index contributed by atoms with van der Waals surface area (Å²) < 4.78 is 5.11. The van der Waals surface area contributed by atoms with Crippen LogP contribution in [-0.4, -0.2) is 46.2 Å². The number of carbonyl (C=O) groups excluding carboxylic acids is 4. The second kappa shape index (κ2) is 8.68. The molecule has 1 saturated carbocycles. The minimum absolute atomic E-state index is 0.0216. The number of amides is 3. The summed E-state index contributed by atoms with van der Waals surface area (Å²) in [6.07, 6.45) is 3.62. The molecular weight excluding hydrogens is 386 g/mol. The van der Waals surface area contributed by atoms with E-state index in [0.717, 1.165) is 25.7 Å². The van der Waals surface area contributed by atoms with Crippen molar-refractivity contribution in [3.05, 3.63) is 23.5 Å². The van der Waals surface area contributed by atoms with Crippen LogP contribution in [0, 0.1) is 11.8 Å². The topological polar surface area (TPSA) is 106 Å². The Kier molecular flexibility index (Phi) is 6.28. The molecule has 1 saturated heterocycles. The lowest BCUT2D eigenvalue weighted by molar-refractivity contribution is -0.154. The highest BCUT2D eigenvalue weighted by atomic mass is 35.5. The Bertz CT molecular complexity index is 776. The van der Waals surface area contributed by atoms with Gasteiger partial charge in [-0.2, -0.15) is 0 Å². The number of pyridine rings is 1. The van der Waals surface area contributed by atoms with E-state index in [-0.39, 0.29) is 41.8 Å². The van der Waals surface area contributed by atoms with Gasteiger partial charge in [0.15, 0.2) is 11.3 Å². The molecule has 0 aromatic carbocycles. The van der Waals surface area contributed by atoms with Crippen molar-refractivity contribution in [3.63, 3.8) is 0 Å². The van der Waals surface area contributed by atoms with Crippen LogP contribution in [0.25, 0.3) is 0 Å². The molecule has 2 fully saturated rings. The normalized spacial score (nSPS) is 22.6. The zero-order chi connectivity index (χ0) is 20.3. The summed E-state index contributed by atoms with van der Waals surface area (Å²) in [5, 5.41) is 2.66. The van der Waals surface area contributed by atoms with Crippen LogP contribution in [0.15, 0.2) is 18.3 Å². The van der Waals surface area contributed by atoms with Crippen molar-refractivity contribution >= 4 is 41.0 Å². The molecule has 0 unspecified atom stereocenters. The van der Waals surface area contributed by atoms with Gasteiger partial charge >= 0.3 is 5.97 Å². The first-order valence-corrected chi connectivity index (χ1v) is 9.72. The van der Waals surface area contributed by atoms with Gasteiger partial charge in [0.1, 0.15) is 0 Å². The quantitative estimate of drug-likeness (QED) is 0.440. The van der Waals surface area contributed by atoms with E-state index in [2.05, 4.69) is 10.3 Å². The molecule has 1 aliphatic carbocycles. The number of rotatable bonds is 6.